The van der Waals surface area contributed by atoms with Crippen LogP contribution in [0, 0.1) is 9.39 Å². The van der Waals surface area contributed by atoms with E-state index in [1.54, 1.807) is 25.3 Å². The number of ether oxygens (including phenoxy) is 2. The predicted octanol–water partition coefficient (Wildman–Crippen LogP) is 3.48. The second kappa shape index (κ2) is 9.18. The summed E-state index contributed by atoms with van der Waals surface area (Å²) in [4.78, 5) is 14.6. The molecule has 7 heteroatoms. The maximum absolute atomic E-state index is 13.5. The van der Waals surface area contributed by atoms with Crippen molar-refractivity contribution in [2.24, 2.45) is 0 Å². The predicted molar refractivity (Wildman–Crippen MR) is 107 cm³/mol. The number of amides is 1. The molecule has 0 saturated carbocycles. The van der Waals surface area contributed by atoms with Crippen LogP contribution in [-0.4, -0.2) is 45.7 Å². The lowest BCUT2D eigenvalue weighted by Crippen LogP contribution is -2.35. The fourth-order valence-electron chi connectivity index (χ4n) is 2.63. The average Bonchev–Trinajstić information content (AvgIpc) is 2.61. The van der Waals surface area contributed by atoms with Gasteiger partial charge in [0.1, 0.15) is 5.82 Å². The van der Waals surface area contributed by atoms with Crippen LogP contribution < -0.4 is 14.8 Å². The van der Waals surface area contributed by atoms with Crippen LogP contribution in [0.3, 0.4) is 0 Å². The van der Waals surface area contributed by atoms with E-state index in [2.05, 4.69) is 27.9 Å². The van der Waals surface area contributed by atoms with Gasteiger partial charge in [-0.05, 0) is 66.5 Å². The zero-order chi connectivity index (χ0) is 19.3. The molecule has 0 aliphatic carbocycles. The van der Waals surface area contributed by atoms with Crippen molar-refractivity contribution in [1.29, 1.82) is 0 Å². The van der Waals surface area contributed by atoms with E-state index >= 15 is 0 Å². The van der Waals surface area contributed by atoms with Gasteiger partial charge in [0.05, 0.1) is 25.8 Å². The molecule has 0 fully saturated rings. The summed E-state index contributed by atoms with van der Waals surface area (Å²) in [5, 5.41) is 2.92. The van der Waals surface area contributed by atoms with Crippen LogP contribution in [0.25, 0.3) is 0 Å². The molecule has 5 nitrogen and oxygen atoms in total. The number of rotatable bonds is 7. The van der Waals surface area contributed by atoms with E-state index < -0.39 is 0 Å². The minimum Gasteiger partial charge on any atom is -0.493 e. The lowest BCUT2D eigenvalue weighted by Gasteiger charge is -2.25. The molecule has 0 radical (unpaired) electrons. The summed E-state index contributed by atoms with van der Waals surface area (Å²) < 4.78 is 24.8. The third-order valence-corrected chi connectivity index (χ3v) is 4.92. The molecule has 0 aliphatic heterocycles. The molecule has 0 aliphatic rings. The molecule has 0 bridgehead atoms. The number of nitrogens with one attached hydrogen (secondary N) is 1. The van der Waals surface area contributed by atoms with Crippen molar-refractivity contribution >= 4 is 28.5 Å². The van der Waals surface area contributed by atoms with Crippen molar-refractivity contribution in [3.05, 3.63) is 56.9 Å². The number of carbonyl (C=O) groups excluding carboxylic acids is 1. The Bertz CT molecular complexity index is 783. The third-order valence-electron chi connectivity index (χ3n) is 4.03. The number of carbonyl (C=O) groups is 1. The number of hydrogen-bond donors (Lipinski definition) is 1. The summed E-state index contributed by atoms with van der Waals surface area (Å²) >= 11 is 2.09. The van der Waals surface area contributed by atoms with Gasteiger partial charge in [-0.25, -0.2) is 4.39 Å². The highest BCUT2D eigenvalue weighted by Crippen LogP contribution is 2.31. The first kappa shape index (κ1) is 20.4. The van der Waals surface area contributed by atoms with Crippen molar-refractivity contribution in [1.82, 2.24) is 10.2 Å². The topological polar surface area (TPSA) is 50.8 Å². The number of nitrogens with zero attached hydrogens (tertiary/aromatic N) is 1. The van der Waals surface area contributed by atoms with E-state index in [0.29, 0.717) is 23.6 Å². The molecule has 0 aromatic heterocycles. The molecule has 1 unspecified atom stereocenters. The maximum Gasteiger partial charge on any atom is 0.252 e. The number of likely N-dealkylation sites (N-methyl/N-ethyl adjacent to an activating group) is 1. The molecule has 0 saturated heterocycles. The van der Waals surface area contributed by atoms with Crippen molar-refractivity contribution in [3.63, 3.8) is 0 Å². The summed E-state index contributed by atoms with van der Waals surface area (Å²) in [5.41, 5.74) is 1.30. The lowest BCUT2D eigenvalue weighted by molar-refractivity contribution is 0.0940. The van der Waals surface area contributed by atoms with Crippen molar-refractivity contribution in [3.8, 4) is 11.5 Å². The monoisotopic (exact) mass is 472 g/mol. The molecular weight excluding hydrogens is 450 g/mol. The van der Waals surface area contributed by atoms with Gasteiger partial charge in [0.15, 0.2) is 11.5 Å². The smallest absolute Gasteiger partial charge is 0.252 e. The van der Waals surface area contributed by atoms with Gasteiger partial charge in [-0.2, -0.15) is 0 Å². The summed E-state index contributed by atoms with van der Waals surface area (Å²) in [6.45, 7) is 0.347. The number of hydrogen-bond acceptors (Lipinski definition) is 4. The number of benzene rings is 2. The third kappa shape index (κ3) is 4.85. The molecule has 1 N–H and O–H groups in total. The molecule has 0 heterocycles. The van der Waals surface area contributed by atoms with Gasteiger partial charge < -0.3 is 19.7 Å². The van der Waals surface area contributed by atoms with Crippen molar-refractivity contribution < 1.29 is 18.7 Å². The first-order valence-corrected chi connectivity index (χ1v) is 9.06. The zero-order valence-electron chi connectivity index (χ0n) is 15.2. The minimum absolute atomic E-state index is 0.146. The van der Waals surface area contributed by atoms with Crippen molar-refractivity contribution in [2.75, 3.05) is 34.9 Å². The molecular formula is C19H22FIN2O3. The highest BCUT2D eigenvalue weighted by molar-refractivity contribution is 14.1. The second-order valence-corrected chi connectivity index (χ2v) is 7.09. The Morgan fingerprint density at radius 3 is 2.42 bits per heavy atom. The van der Waals surface area contributed by atoms with E-state index in [1.807, 2.05) is 25.1 Å². The molecule has 2 aromatic rings. The van der Waals surface area contributed by atoms with Crippen LogP contribution in [0.1, 0.15) is 22.0 Å². The fourth-order valence-corrected chi connectivity index (χ4v) is 3.31. The molecule has 2 rings (SSSR count). The van der Waals surface area contributed by atoms with Gasteiger partial charge in [-0.15, -0.1) is 0 Å². The highest BCUT2D eigenvalue weighted by Gasteiger charge is 2.19. The Morgan fingerprint density at radius 2 is 1.85 bits per heavy atom. The van der Waals surface area contributed by atoms with Crippen LogP contribution in [0.4, 0.5) is 4.39 Å². The molecule has 26 heavy (non-hydrogen) atoms. The number of methoxy groups -OCH3 is 2. The largest absolute Gasteiger partial charge is 0.493 e. The van der Waals surface area contributed by atoms with E-state index in [1.165, 1.54) is 19.2 Å². The van der Waals surface area contributed by atoms with E-state index in [-0.39, 0.29) is 17.8 Å². The zero-order valence-corrected chi connectivity index (χ0v) is 17.3. The van der Waals surface area contributed by atoms with Crippen LogP contribution in [-0.2, 0) is 0 Å². The SMILES string of the molecule is COc1cc(I)c(C(=O)NCC(c2cccc(F)c2)N(C)C)cc1OC. The molecule has 1 atom stereocenters. The summed E-state index contributed by atoms with van der Waals surface area (Å²) in [7, 11) is 6.86. The van der Waals surface area contributed by atoms with E-state index in [4.69, 9.17) is 9.47 Å². The Balaban J connectivity index is 2.18. The van der Waals surface area contributed by atoms with Crippen LogP contribution in [0.15, 0.2) is 36.4 Å². The lowest BCUT2D eigenvalue weighted by atomic mass is 10.1. The first-order chi connectivity index (χ1) is 12.4. The van der Waals surface area contributed by atoms with Crippen LogP contribution in [0.2, 0.25) is 0 Å². The Kier molecular flexibility index (Phi) is 7.22. The fraction of sp³-hybridized carbons (Fsp3) is 0.316. The van der Waals surface area contributed by atoms with E-state index in [0.717, 1.165) is 9.13 Å². The molecule has 1 amide bonds. The Morgan fingerprint density at radius 1 is 1.19 bits per heavy atom. The quantitative estimate of drug-likeness (QED) is 0.628. The molecule has 2 aromatic carbocycles. The standard InChI is InChI=1S/C19H22FIN2O3/c1-23(2)16(12-6-5-7-13(20)8-12)11-22-19(24)14-9-17(25-3)18(26-4)10-15(14)21/h5-10,16H,11H2,1-4H3,(H,22,24). The summed E-state index contributed by atoms with van der Waals surface area (Å²) in [6, 6.07) is 9.66. The van der Waals surface area contributed by atoms with Crippen LogP contribution >= 0.6 is 22.6 Å². The average molecular weight is 472 g/mol. The van der Waals surface area contributed by atoms with E-state index in [9.17, 15) is 9.18 Å². The molecule has 0 spiro atoms. The van der Waals surface area contributed by atoms with Gasteiger partial charge in [0.2, 0.25) is 0 Å². The molecule has 140 valence electrons. The highest BCUT2D eigenvalue weighted by atomic mass is 127. The van der Waals surface area contributed by atoms with Gasteiger partial charge in [0.25, 0.3) is 5.91 Å². The normalized spacial score (nSPS) is 12.0. The van der Waals surface area contributed by atoms with Gasteiger partial charge in [-0.1, -0.05) is 12.1 Å². The number of halogens is 2. The van der Waals surface area contributed by atoms with Gasteiger partial charge >= 0.3 is 0 Å². The summed E-state index contributed by atoms with van der Waals surface area (Å²) in [6.07, 6.45) is 0. The van der Waals surface area contributed by atoms with Crippen LogP contribution in [0.5, 0.6) is 11.5 Å². The maximum atomic E-state index is 13.5. The first-order valence-electron chi connectivity index (χ1n) is 7.99. The summed E-state index contributed by atoms with van der Waals surface area (Å²) in [5.74, 6) is 0.542. The van der Waals surface area contributed by atoms with Gasteiger partial charge in [-0.3, -0.25) is 4.79 Å². The van der Waals surface area contributed by atoms with Gasteiger partial charge in [0, 0.05) is 10.1 Å². The Hall–Kier alpha value is -1.87. The second-order valence-electron chi connectivity index (χ2n) is 5.93. The van der Waals surface area contributed by atoms with Crippen molar-refractivity contribution in [2.45, 2.75) is 6.04 Å². The Labute approximate surface area is 166 Å². The minimum atomic E-state index is -0.296.